The van der Waals surface area contributed by atoms with Gasteiger partial charge in [0.05, 0.1) is 5.39 Å². The SMILES string of the molecule is Cc1nc(N2CCN(C(=O)CCl)CC2)c2c3c(sc2n1)CCCC3. The van der Waals surface area contributed by atoms with Gasteiger partial charge in [-0.15, -0.1) is 22.9 Å². The number of thiophene rings is 1. The van der Waals surface area contributed by atoms with Crippen molar-refractivity contribution in [2.75, 3.05) is 37.0 Å². The van der Waals surface area contributed by atoms with Gasteiger partial charge in [0.15, 0.2) is 0 Å². The van der Waals surface area contributed by atoms with E-state index < -0.39 is 0 Å². The molecular weight excluding hydrogens is 344 g/mol. The van der Waals surface area contributed by atoms with Crippen LogP contribution < -0.4 is 4.90 Å². The Hall–Kier alpha value is -1.40. The van der Waals surface area contributed by atoms with E-state index in [9.17, 15) is 4.79 Å². The predicted octanol–water partition coefficient (Wildman–Crippen LogP) is 2.77. The van der Waals surface area contributed by atoms with Crippen molar-refractivity contribution in [1.82, 2.24) is 14.9 Å². The van der Waals surface area contributed by atoms with Crippen LogP contribution in [0, 0.1) is 6.92 Å². The summed E-state index contributed by atoms with van der Waals surface area (Å²) < 4.78 is 0. The number of anilines is 1. The number of hydrogen-bond donors (Lipinski definition) is 0. The summed E-state index contributed by atoms with van der Waals surface area (Å²) in [6.45, 7) is 5.00. The van der Waals surface area contributed by atoms with Crippen molar-refractivity contribution in [3.8, 4) is 0 Å². The second kappa shape index (κ2) is 6.48. The van der Waals surface area contributed by atoms with Crippen molar-refractivity contribution >= 4 is 44.9 Å². The molecule has 0 N–H and O–H groups in total. The van der Waals surface area contributed by atoms with Crippen molar-refractivity contribution in [1.29, 1.82) is 0 Å². The van der Waals surface area contributed by atoms with Crippen molar-refractivity contribution in [3.05, 3.63) is 16.3 Å². The molecule has 0 spiro atoms. The monoisotopic (exact) mass is 364 g/mol. The largest absolute Gasteiger partial charge is 0.352 e. The highest BCUT2D eigenvalue weighted by molar-refractivity contribution is 7.19. The molecule has 2 aliphatic rings. The predicted molar refractivity (Wildman–Crippen MR) is 98.3 cm³/mol. The lowest BCUT2D eigenvalue weighted by Gasteiger charge is -2.35. The molecule has 4 rings (SSSR count). The third-order valence-electron chi connectivity index (χ3n) is 4.95. The second-order valence-electron chi connectivity index (χ2n) is 6.49. The van der Waals surface area contributed by atoms with Crippen LogP contribution >= 0.6 is 22.9 Å². The molecule has 7 heteroatoms. The van der Waals surface area contributed by atoms with Gasteiger partial charge in [-0.2, -0.15) is 0 Å². The lowest BCUT2D eigenvalue weighted by atomic mass is 9.97. The smallest absolute Gasteiger partial charge is 0.237 e. The average Bonchev–Trinajstić information content (AvgIpc) is 2.98. The van der Waals surface area contributed by atoms with Crippen LogP contribution in [0.4, 0.5) is 5.82 Å². The number of rotatable bonds is 2. The summed E-state index contributed by atoms with van der Waals surface area (Å²) in [4.78, 5) is 28.0. The zero-order valence-corrected chi connectivity index (χ0v) is 15.4. The van der Waals surface area contributed by atoms with E-state index in [1.165, 1.54) is 35.1 Å². The van der Waals surface area contributed by atoms with Gasteiger partial charge in [0.2, 0.25) is 5.91 Å². The molecule has 2 aromatic rings. The first-order valence-electron chi connectivity index (χ1n) is 8.55. The maximum atomic E-state index is 11.8. The number of halogens is 1. The van der Waals surface area contributed by atoms with E-state index in [1.54, 1.807) is 0 Å². The minimum absolute atomic E-state index is 0.0215. The average molecular weight is 365 g/mol. The Bertz CT molecular complexity index is 782. The highest BCUT2D eigenvalue weighted by Crippen LogP contribution is 2.39. The molecular formula is C17H21ClN4OS. The number of fused-ring (bicyclic) bond motifs is 3. The van der Waals surface area contributed by atoms with Gasteiger partial charge < -0.3 is 9.80 Å². The van der Waals surface area contributed by atoms with Crippen molar-refractivity contribution in [3.63, 3.8) is 0 Å². The molecule has 5 nitrogen and oxygen atoms in total. The number of nitrogens with zero attached hydrogens (tertiary/aromatic N) is 4. The van der Waals surface area contributed by atoms with Gasteiger partial charge in [0, 0.05) is 31.1 Å². The molecule has 1 saturated heterocycles. The lowest BCUT2D eigenvalue weighted by molar-refractivity contribution is -0.128. The van der Waals surface area contributed by atoms with Gasteiger partial charge in [-0.25, -0.2) is 9.97 Å². The summed E-state index contributed by atoms with van der Waals surface area (Å²) in [5.41, 5.74) is 1.47. The molecule has 128 valence electrons. The van der Waals surface area contributed by atoms with Crippen molar-refractivity contribution in [2.24, 2.45) is 0 Å². The van der Waals surface area contributed by atoms with Gasteiger partial charge in [-0.3, -0.25) is 4.79 Å². The van der Waals surface area contributed by atoms with Crippen LogP contribution in [-0.2, 0) is 17.6 Å². The number of hydrogen-bond acceptors (Lipinski definition) is 5. The molecule has 1 amide bonds. The molecule has 0 aromatic carbocycles. The fourth-order valence-electron chi connectivity index (χ4n) is 3.72. The maximum absolute atomic E-state index is 11.8. The Balaban J connectivity index is 1.69. The number of carbonyl (C=O) groups excluding carboxylic acids is 1. The standard InChI is InChI=1S/C17H21ClN4OS/c1-11-19-16(22-8-6-21(7-9-22)14(23)10-18)15-12-4-2-3-5-13(12)24-17(15)20-11/h2-10H2,1H3. The number of amides is 1. The van der Waals surface area contributed by atoms with Crippen LogP contribution in [0.1, 0.15) is 29.1 Å². The van der Waals surface area contributed by atoms with Gasteiger partial charge in [0.1, 0.15) is 22.4 Å². The summed E-state index contributed by atoms with van der Waals surface area (Å²) in [5, 5.41) is 1.26. The third kappa shape index (κ3) is 2.75. The number of carbonyl (C=O) groups is 1. The van der Waals surface area contributed by atoms with Crippen LogP contribution in [0.5, 0.6) is 0 Å². The first-order chi connectivity index (χ1) is 11.7. The minimum Gasteiger partial charge on any atom is -0.352 e. The zero-order chi connectivity index (χ0) is 16.7. The molecule has 1 aliphatic heterocycles. The van der Waals surface area contributed by atoms with Crippen molar-refractivity contribution in [2.45, 2.75) is 32.6 Å². The number of aromatic nitrogens is 2. The van der Waals surface area contributed by atoms with Crippen LogP contribution in [0.15, 0.2) is 0 Å². The van der Waals surface area contributed by atoms with Gasteiger partial charge >= 0.3 is 0 Å². The number of alkyl halides is 1. The highest BCUT2D eigenvalue weighted by Gasteiger charge is 2.26. The van der Waals surface area contributed by atoms with E-state index in [1.807, 2.05) is 23.2 Å². The molecule has 2 aromatic heterocycles. The molecule has 0 radical (unpaired) electrons. The molecule has 0 unspecified atom stereocenters. The summed E-state index contributed by atoms with van der Waals surface area (Å²) in [6.07, 6.45) is 4.84. The van der Waals surface area contributed by atoms with E-state index >= 15 is 0 Å². The maximum Gasteiger partial charge on any atom is 0.237 e. The van der Waals surface area contributed by atoms with E-state index in [0.29, 0.717) is 13.1 Å². The third-order valence-corrected chi connectivity index (χ3v) is 6.37. The number of piperazine rings is 1. The van der Waals surface area contributed by atoms with E-state index in [2.05, 4.69) is 4.90 Å². The Labute approximate surface area is 150 Å². The second-order valence-corrected chi connectivity index (χ2v) is 7.84. The normalized spacial score (nSPS) is 18.1. The fraction of sp³-hybridized carbons (Fsp3) is 0.588. The van der Waals surface area contributed by atoms with E-state index in [-0.39, 0.29) is 11.8 Å². The fourth-order valence-corrected chi connectivity index (χ4v) is 5.19. The van der Waals surface area contributed by atoms with Crippen LogP contribution in [0.3, 0.4) is 0 Å². The molecule has 3 heterocycles. The van der Waals surface area contributed by atoms with E-state index in [4.69, 9.17) is 21.6 Å². The Morgan fingerprint density at radius 3 is 2.67 bits per heavy atom. The summed E-state index contributed by atoms with van der Waals surface area (Å²) in [5.74, 6) is 1.98. The van der Waals surface area contributed by atoms with Gasteiger partial charge in [-0.1, -0.05) is 0 Å². The molecule has 0 bridgehead atoms. The summed E-state index contributed by atoms with van der Waals surface area (Å²) in [6, 6.07) is 0. The summed E-state index contributed by atoms with van der Waals surface area (Å²) in [7, 11) is 0. The minimum atomic E-state index is 0.0215. The van der Waals surface area contributed by atoms with Crippen LogP contribution in [0.25, 0.3) is 10.2 Å². The lowest BCUT2D eigenvalue weighted by Crippen LogP contribution is -2.49. The van der Waals surface area contributed by atoms with Crippen LogP contribution in [0.2, 0.25) is 0 Å². The molecule has 1 aliphatic carbocycles. The first kappa shape index (κ1) is 16.1. The number of aryl methyl sites for hydroxylation is 3. The van der Waals surface area contributed by atoms with E-state index in [0.717, 1.165) is 36.0 Å². The molecule has 24 heavy (non-hydrogen) atoms. The molecule has 0 saturated carbocycles. The quantitative estimate of drug-likeness (QED) is 0.769. The molecule has 1 fully saturated rings. The Morgan fingerprint density at radius 2 is 1.92 bits per heavy atom. The Morgan fingerprint density at radius 1 is 1.17 bits per heavy atom. The first-order valence-corrected chi connectivity index (χ1v) is 9.90. The van der Waals surface area contributed by atoms with Gasteiger partial charge in [-0.05, 0) is 38.2 Å². The zero-order valence-electron chi connectivity index (χ0n) is 13.8. The Kier molecular flexibility index (Phi) is 4.35. The highest BCUT2D eigenvalue weighted by atomic mass is 35.5. The molecule has 0 atom stereocenters. The summed E-state index contributed by atoms with van der Waals surface area (Å²) >= 11 is 7.52. The van der Waals surface area contributed by atoms with Crippen molar-refractivity contribution < 1.29 is 4.79 Å². The van der Waals surface area contributed by atoms with Crippen LogP contribution in [-0.4, -0.2) is 52.8 Å². The topological polar surface area (TPSA) is 49.3 Å². The van der Waals surface area contributed by atoms with Gasteiger partial charge in [0.25, 0.3) is 0 Å².